The van der Waals surface area contributed by atoms with Crippen LogP contribution in [0.15, 0.2) is 65.4 Å². The van der Waals surface area contributed by atoms with Gasteiger partial charge in [-0.25, -0.2) is 13.8 Å². The highest BCUT2D eigenvalue weighted by atomic mass is 32.1. The smallest absolute Gasteiger partial charge is 0.261 e. The Morgan fingerprint density at radius 1 is 1.06 bits per heavy atom. The molecule has 3 heterocycles. The third kappa shape index (κ3) is 4.11. The molecule has 0 atom stereocenters. The number of thiazole rings is 1. The molecule has 0 aliphatic carbocycles. The molecule has 0 bridgehead atoms. The summed E-state index contributed by atoms with van der Waals surface area (Å²) >= 11 is 1.15. The lowest BCUT2D eigenvalue weighted by atomic mass is 10.1. The molecule has 0 unspecified atom stereocenters. The van der Waals surface area contributed by atoms with E-state index in [1.54, 1.807) is 12.1 Å². The molecule has 34 heavy (non-hydrogen) atoms. The lowest BCUT2D eigenvalue weighted by Crippen LogP contribution is -2.28. The molecule has 0 spiro atoms. The summed E-state index contributed by atoms with van der Waals surface area (Å²) in [5.41, 5.74) is 0.840. The molecule has 5 rings (SSSR count). The van der Waals surface area contributed by atoms with Crippen molar-refractivity contribution in [1.82, 2.24) is 9.88 Å². The number of aromatic nitrogens is 1. The maximum absolute atomic E-state index is 13.9. The van der Waals surface area contributed by atoms with E-state index in [0.29, 0.717) is 16.2 Å². The number of anilines is 1. The van der Waals surface area contributed by atoms with Crippen molar-refractivity contribution in [3.8, 4) is 0 Å². The molecule has 1 aliphatic rings. The van der Waals surface area contributed by atoms with Gasteiger partial charge in [-0.05, 0) is 42.0 Å². The number of nitrogens with one attached hydrogen (secondary N) is 1. The highest BCUT2D eigenvalue weighted by Crippen LogP contribution is 2.27. The largest absolute Gasteiger partial charge is 0.467 e. The van der Waals surface area contributed by atoms with Crippen molar-refractivity contribution in [2.45, 2.75) is 13.0 Å². The monoisotopic (exact) mass is 479 g/mol. The van der Waals surface area contributed by atoms with Gasteiger partial charge < -0.3 is 4.42 Å². The summed E-state index contributed by atoms with van der Waals surface area (Å²) in [6, 6.07) is 10.9. The Hall–Kier alpha value is -4.18. The number of hydrogen-bond donors (Lipinski definition) is 1. The maximum Gasteiger partial charge on any atom is 0.261 e. The second kappa shape index (κ2) is 8.64. The number of hydrogen-bond acceptors (Lipinski definition) is 6. The normalized spacial score (nSPS) is 12.8. The van der Waals surface area contributed by atoms with E-state index in [9.17, 15) is 23.2 Å². The van der Waals surface area contributed by atoms with Gasteiger partial charge in [0, 0.05) is 29.1 Å². The molecule has 1 N–H and O–H groups in total. The number of carbonyl (C=O) groups excluding carboxylic acids is 3. The second-order valence-electron chi connectivity index (χ2n) is 7.53. The maximum atomic E-state index is 13.9. The highest BCUT2D eigenvalue weighted by Gasteiger charge is 2.36. The van der Waals surface area contributed by atoms with Crippen LogP contribution in [0.3, 0.4) is 0 Å². The first-order valence-corrected chi connectivity index (χ1v) is 10.9. The molecule has 7 nitrogen and oxygen atoms in total. The standard InChI is InChI=1S/C24H15F2N3O4S/c25-15-5-3-13(20(26)10-15)8-17-11-27-24(34-17)28-21(30)14-4-6-18-19(9-14)23(32)29(22(18)31)12-16-2-1-7-33-16/h1-7,9-11H,8,12H2,(H,27,28,30). The van der Waals surface area contributed by atoms with Gasteiger partial charge in [0.15, 0.2) is 5.13 Å². The fourth-order valence-electron chi connectivity index (χ4n) is 3.60. The predicted octanol–water partition coefficient (Wildman–Crippen LogP) is 4.65. The molecule has 3 amide bonds. The van der Waals surface area contributed by atoms with E-state index < -0.39 is 29.4 Å². The lowest BCUT2D eigenvalue weighted by molar-refractivity contribution is 0.0631. The SMILES string of the molecule is O=C(Nc1ncc(Cc2ccc(F)cc2F)s1)c1ccc2c(c1)C(=O)N(Cc1ccco1)C2=O. The van der Waals surface area contributed by atoms with Crippen molar-refractivity contribution < 1.29 is 27.6 Å². The van der Waals surface area contributed by atoms with E-state index in [4.69, 9.17) is 4.42 Å². The van der Waals surface area contributed by atoms with Crippen LogP contribution in [0.5, 0.6) is 0 Å². The van der Waals surface area contributed by atoms with Gasteiger partial charge in [-0.2, -0.15) is 0 Å². The molecule has 170 valence electrons. The number of rotatable bonds is 6. The van der Waals surface area contributed by atoms with Crippen molar-refractivity contribution in [3.63, 3.8) is 0 Å². The van der Waals surface area contributed by atoms with Crippen LogP contribution in [-0.4, -0.2) is 27.6 Å². The van der Waals surface area contributed by atoms with Gasteiger partial charge in [0.25, 0.3) is 17.7 Å². The average molecular weight is 479 g/mol. The summed E-state index contributed by atoms with van der Waals surface area (Å²) in [6.07, 6.45) is 3.15. The Morgan fingerprint density at radius 2 is 1.88 bits per heavy atom. The zero-order valence-electron chi connectivity index (χ0n) is 17.4. The zero-order chi connectivity index (χ0) is 23.8. The van der Waals surface area contributed by atoms with Crippen LogP contribution in [0.2, 0.25) is 0 Å². The predicted molar refractivity (Wildman–Crippen MR) is 119 cm³/mol. The van der Waals surface area contributed by atoms with Crippen molar-refractivity contribution in [1.29, 1.82) is 0 Å². The summed E-state index contributed by atoms with van der Waals surface area (Å²) in [7, 11) is 0. The van der Waals surface area contributed by atoms with Gasteiger partial charge in [-0.1, -0.05) is 6.07 Å². The topological polar surface area (TPSA) is 92.5 Å². The van der Waals surface area contributed by atoms with Crippen LogP contribution in [0.1, 0.15) is 47.3 Å². The van der Waals surface area contributed by atoms with E-state index in [1.807, 2.05) is 0 Å². The van der Waals surface area contributed by atoms with Crippen molar-refractivity contribution in [3.05, 3.63) is 106 Å². The number of benzene rings is 2. The van der Waals surface area contributed by atoms with E-state index in [2.05, 4.69) is 10.3 Å². The Labute approximate surface area is 195 Å². The first-order chi connectivity index (χ1) is 16.4. The van der Waals surface area contributed by atoms with Crippen molar-refractivity contribution in [2.24, 2.45) is 0 Å². The molecule has 0 fully saturated rings. The number of fused-ring (bicyclic) bond motifs is 1. The van der Waals surface area contributed by atoms with Crippen molar-refractivity contribution in [2.75, 3.05) is 5.32 Å². The van der Waals surface area contributed by atoms with Gasteiger partial charge in [0.2, 0.25) is 0 Å². The molecular formula is C24H15F2N3O4S. The molecule has 0 saturated heterocycles. The summed E-state index contributed by atoms with van der Waals surface area (Å²) in [6.45, 7) is -0.00256. The van der Waals surface area contributed by atoms with E-state index in [-0.39, 0.29) is 34.8 Å². The van der Waals surface area contributed by atoms with E-state index >= 15 is 0 Å². The number of halogens is 2. The minimum absolute atomic E-state index is 0.00256. The molecule has 1 aliphatic heterocycles. The minimum atomic E-state index is -0.655. The first-order valence-electron chi connectivity index (χ1n) is 10.1. The number of imide groups is 1. The second-order valence-corrected chi connectivity index (χ2v) is 8.65. The lowest BCUT2D eigenvalue weighted by Gasteiger charge is -2.11. The molecule has 10 heteroatoms. The van der Waals surface area contributed by atoms with Crippen LogP contribution < -0.4 is 5.32 Å². The minimum Gasteiger partial charge on any atom is -0.467 e. The fraction of sp³-hybridized carbons (Fsp3) is 0.0833. The quantitative estimate of drug-likeness (QED) is 0.407. The molecule has 2 aromatic heterocycles. The Kier molecular flexibility index (Phi) is 5.50. The number of carbonyl (C=O) groups is 3. The van der Waals surface area contributed by atoms with Crippen LogP contribution in [-0.2, 0) is 13.0 Å². The van der Waals surface area contributed by atoms with Gasteiger partial charge in [0.1, 0.15) is 17.4 Å². The van der Waals surface area contributed by atoms with Crippen LogP contribution in [0, 0.1) is 11.6 Å². The number of furan rings is 1. The third-order valence-electron chi connectivity index (χ3n) is 5.28. The summed E-state index contributed by atoms with van der Waals surface area (Å²) in [4.78, 5) is 44.0. The summed E-state index contributed by atoms with van der Waals surface area (Å²) in [5.74, 6) is -2.33. The van der Waals surface area contributed by atoms with Crippen LogP contribution in [0.4, 0.5) is 13.9 Å². The van der Waals surface area contributed by atoms with Crippen LogP contribution in [0.25, 0.3) is 0 Å². The molecular weight excluding hydrogens is 464 g/mol. The summed E-state index contributed by atoms with van der Waals surface area (Å²) in [5, 5.41) is 2.93. The summed E-state index contributed by atoms with van der Waals surface area (Å²) < 4.78 is 32.2. The first kappa shape index (κ1) is 21.7. The molecule has 4 aromatic rings. The Bertz CT molecular complexity index is 1430. The molecule has 2 aromatic carbocycles. The van der Waals surface area contributed by atoms with Gasteiger partial charge in [-0.15, -0.1) is 11.3 Å². The third-order valence-corrected chi connectivity index (χ3v) is 6.19. The average Bonchev–Trinajstić information content (AvgIpc) is 3.54. The number of nitrogens with zero attached hydrogens (tertiary/aromatic N) is 2. The highest BCUT2D eigenvalue weighted by molar-refractivity contribution is 7.15. The van der Waals surface area contributed by atoms with Crippen LogP contribution >= 0.6 is 11.3 Å². The van der Waals surface area contributed by atoms with Crippen molar-refractivity contribution >= 4 is 34.2 Å². The molecule has 0 radical (unpaired) electrons. The molecule has 0 saturated carbocycles. The van der Waals surface area contributed by atoms with Gasteiger partial charge in [0.05, 0.1) is 23.9 Å². The Morgan fingerprint density at radius 3 is 2.65 bits per heavy atom. The number of amides is 3. The van der Waals surface area contributed by atoms with E-state index in [1.165, 1.54) is 42.8 Å². The fourth-order valence-corrected chi connectivity index (χ4v) is 4.43. The van der Waals surface area contributed by atoms with Gasteiger partial charge in [-0.3, -0.25) is 24.6 Å². The van der Waals surface area contributed by atoms with Gasteiger partial charge >= 0.3 is 0 Å². The van der Waals surface area contributed by atoms with E-state index in [0.717, 1.165) is 22.3 Å². The Balaban J connectivity index is 1.29. The zero-order valence-corrected chi connectivity index (χ0v) is 18.2.